The molecule has 1 aliphatic rings. The number of amides is 1. The van der Waals surface area contributed by atoms with Gasteiger partial charge in [0.15, 0.2) is 10.4 Å². The SMILES string of the molecule is Cc1cc(N2CCN(C(=O)c3ccc(Br)o3)CC2)ncn1. The van der Waals surface area contributed by atoms with Crippen molar-refractivity contribution in [1.29, 1.82) is 0 Å². The Balaban J connectivity index is 1.64. The van der Waals surface area contributed by atoms with Gasteiger partial charge >= 0.3 is 0 Å². The lowest BCUT2D eigenvalue weighted by Gasteiger charge is -2.35. The monoisotopic (exact) mass is 350 g/mol. The number of piperazine rings is 1. The zero-order chi connectivity index (χ0) is 14.8. The molecule has 0 saturated carbocycles. The minimum atomic E-state index is -0.0702. The van der Waals surface area contributed by atoms with Crippen LogP contribution in [0.5, 0.6) is 0 Å². The van der Waals surface area contributed by atoms with Crippen molar-refractivity contribution in [1.82, 2.24) is 14.9 Å². The summed E-state index contributed by atoms with van der Waals surface area (Å²) in [4.78, 5) is 24.6. The topological polar surface area (TPSA) is 62.5 Å². The van der Waals surface area contributed by atoms with E-state index in [1.165, 1.54) is 0 Å². The predicted octanol–water partition coefficient (Wildman–Crippen LogP) is 2.10. The number of furan rings is 1. The molecule has 3 rings (SSSR count). The fourth-order valence-electron chi connectivity index (χ4n) is 2.34. The first kappa shape index (κ1) is 14.1. The van der Waals surface area contributed by atoms with E-state index in [9.17, 15) is 4.79 Å². The number of halogens is 1. The summed E-state index contributed by atoms with van der Waals surface area (Å²) in [6.45, 7) is 4.76. The highest BCUT2D eigenvalue weighted by atomic mass is 79.9. The summed E-state index contributed by atoms with van der Waals surface area (Å²) in [5, 5.41) is 0. The van der Waals surface area contributed by atoms with Crippen LogP contribution in [0, 0.1) is 6.92 Å². The molecule has 0 aromatic carbocycles. The average Bonchev–Trinajstić information content (AvgIpc) is 2.93. The van der Waals surface area contributed by atoms with Gasteiger partial charge in [0.05, 0.1) is 0 Å². The summed E-state index contributed by atoms with van der Waals surface area (Å²) >= 11 is 3.21. The van der Waals surface area contributed by atoms with E-state index in [-0.39, 0.29) is 5.91 Å². The number of rotatable bonds is 2. The van der Waals surface area contributed by atoms with E-state index in [1.807, 2.05) is 13.0 Å². The highest BCUT2D eigenvalue weighted by Gasteiger charge is 2.24. The largest absolute Gasteiger partial charge is 0.444 e. The molecule has 21 heavy (non-hydrogen) atoms. The second-order valence-electron chi connectivity index (χ2n) is 4.90. The van der Waals surface area contributed by atoms with Crippen molar-refractivity contribution in [2.75, 3.05) is 31.1 Å². The summed E-state index contributed by atoms with van der Waals surface area (Å²) in [6.07, 6.45) is 1.57. The fraction of sp³-hybridized carbons (Fsp3) is 0.357. The van der Waals surface area contributed by atoms with Gasteiger partial charge in [0, 0.05) is 37.9 Å². The van der Waals surface area contributed by atoms with Gasteiger partial charge in [0.2, 0.25) is 0 Å². The van der Waals surface area contributed by atoms with Crippen molar-refractivity contribution in [3.63, 3.8) is 0 Å². The lowest BCUT2D eigenvalue weighted by atomic mass is 10.2. The Labute approximate surface area is 130 Å². The summed E-state index contributed by atoms with van der Waals surface area (Å²) < 4.78 is 5.89. The Kier molecular flexibility index (Phi) is 3.92. The van der Waals surface area contributed by atoms with E-state index < -0.39 is 0 Å². The molecule has 0 radical (unpaired) electrons. The minimum absolute atomic E-state index is 0.0702. The highest BCUT2D eigenvalue weighted by molar-refractivity contribution is 9.10. The van der Waals surface area contributed by atoms with Gasteiger partial charge < -0.3 is 14.2 Å². The maximum absolute atomic E-state index is 12.3. The summed E-state index contributed by atoms with van der Waals surface area (Å²) in [7, 11) is 0. The van der Waals surface area contributed by atoms with E-state index >= 15 is 0 Å². The van der Waals surface area contributed by atoms with E-state index in [1.54, 1.807) is 23.4 Å². The van der Waals surface area contributed by atoms with Crippen LogP contribution in [0.15, 0.2) is 33.6 Å². The summed E-state index contributed by atoms with van der Waals surface area (Å²) in [6, 6.07) is 5.38. The standard InChI is InChI=1S/C14H15BrN4O2/c1-10-8-13(17-9-16-10)18-4-6-19(7-5-18)14(20)11-2-3-12(15)21-11/h2-3,8-9H,4-7H2,1H3. The molecule has 110 valence electrons. The number of carbonyl (C=O) groups is 1. The average molecular weight is 351 g/mol. The molecule has 0 atom stereocenters. The summed E-state index contributed by atoms with van der Waals surface area (Å²) in [5.41, 5.74) is 0.943. The molecular weight excluding hydrogens is 336 g/mol. The van der Waals surface area contributed by atoms with Crippen molar-refractivity contribution in [3.05, 3.63) is 40.7 Å². The molecule has 2 aromatic rings. The molecule has 1 saturated heterocycles. The molecule has 0 aliphatic carbocycles. The van der Waals surface area contributed by atoms with Crippen molar-refractivity contribution in [2.24, 2.45) is 0 Å². The van der Waals surface area contributed by atoms with Gasteiger partial charge in [0.25, 0.3) is 5.91 Å². The minimum Gasteiger partial charge on any atom is -0.444 e. The van der Waals surface area contributed by atoms with Crippen LogP contribution in [0.2, 0.25) is 0 Å². The van der Waals surface area contributed by atoms with Crippen LogP contribution in [0.25, 0.3) is 0 Å². The molecule has 1 fully saturated rings. The van der Waals surface area contributed by atoms with E-state index in [0.29, 0.717) is 23.5 Å². The molecule has 0 bridgehead atoms. The van der Waals surface area contributed by atoms with Crippen LogP contribution in [-0.2, 0) is 0 Å². The normalized spacial score (nSPS) is 15.3. The number of hydrogen-bond acceptors (Lipinski definition) is 5. The van der Waals surface area contributed by atoms with Gasteiger partial charge in [-0.2, -0.15) is 0 Å². The van der Waals surface area contributed by atoms with E-state index in [4.69, 9.17) is 4.42 Å². The Bertz CT molecular complexity index is 650. The molecule has 6 nitrogen and oxygen atoms in total. The molecule has 1 aliphatic heterocycles. The first-order valence-corrected chi connectivity index (χ1v) is 7.51. The number of hydrogen-bond donors (Lipinski definition) is 0. The van der Waals surface area contributed by atoms with Crippen LogP contribution in [0.1, 0.15) is 16.2 Å². The lowest BCUT2D eigenvalue weighted by Crippen LogP contribution is -2.49. The van der Waals surface area contributed by atoms with Gasteiger partial charge in [-0.15, -0.1) is 0 Å². The maximum atomic E-state index is 12.3. The van der Waals surface area contributed by atoms with Crippen LogP contribution >= 0.6 is 15.9 Å². The highest BCUT2D eigenvalue weighted by Crippen LogP contribution is 2.18. The Morgan fingerprint density at radius 1 is 1.24 bits per heavy atom. The van der Waals surface area contributed by atoms with Gasteiger partial charge in [0.1, 0.15) is 12.1 Å². The molecule has 2 aromatic heterocycles. The van der Waals surface area contributed by atoms with E-state index in [0.717, 1.165) is 24.6 Å². The fourth-order valence-corrected chi connectivity index (χ4v) is 2.64. The molecule has 0 unspecified atom stereocenters. The van der Waals surface area contributed by atoms with Crippen LogP contribution < -0.4 is 4.90 Å². The van der Waals surface area contributed by atoms with E-state index in [2.05, 4.69) is 30.8 Å². The van der Waals surface area contributed by atoms with Crippen molar-refractivity contribution < 1.29 is 9.21 Å². The third-order valence-electron chi connectivity index (χ3n) is 3.46. The number of carbonyl (C=O) groups excluding carboxylic acids is 1. The third kappa shape index (κ3) is 3.07. The van der Waals surface area contributed by atoms with Crippen LogP contribution in [0.3, 0.4) is 0 Å². The molecular formula is C14H15BrN4O2. The van der Waals surface area contributed by atoms with Crippen LogP contribution in [0.4, 0.5) is 5.82 Å². The molecule has 1 amide bonds. The second kappa shape index (κ2) is 5.85. The van der Waals surface area contributed by atoms with Gasteiger partial charge in [-0.05, 0) is 35.0 Å². The molecule has 0 N–H and O–H groups in total. The maximum Gasteiger partial charge on any atom is 0.289 e. The number of anilines is 1. The Morgan fingerprint density at radius 3 is 2.62 bits per heavy atom. The van der Waals surface area contributed by atoms with Gasteiger partial charge in [-0.3, -0.25) is 4.79 Å². The Hall–Kier alpha value is -1.89. The second-order valence-corrected chi connectivity index (χ2v) is 5.68. The number of nitrogens with zero attached hydrogens (tertiary/aromatic N) is 4. The quantitative estimate of drug-likeness (QED) is 0.829. The first-order chi connectivity index (χ1) is 10.1. The van der Waals surface area contributed by atoms with Crippen molar-refractivity contribution >= 4 is 27.7 Å². The van der Waals surface area contributed by atoms with Crippen LogP contribution in [-0.4, -0.2) is 47.0 Å². The zero-order valence-electron chi connectivity index (χ0n) is 11.6. The number of aryl methyl sites for hydroxylation is 1. The summed E-state index contributed by atoms with van der Waals surface area (Å²) in [5.74, 6) is 1.21. The smallest absolute Gasteiger partial charge is 0.289 e. The third-order valence-corrected chi connectivity index (χ3v) is 3.89. The van der Waals surface area contributed by atoms with Crippen molar-refractivity contribution in [2.45, 2.75) is 6.92 Å². The molecule has 3 heterocycles. The zero-order valence-corrected chi connectivity index (χ0v) is 13.2. The van der Waals surface area contributed by atoms with Crippen molar-refractivity contribution in [3.8, 4) is 0 Å². The van der Waals surface area contributed by atoms with Gasteiger partial charge in [-0.25, -0.2) is 9.97 Å². The molecule has 7 heteroatoms. The lowest BCUT2D eigenvalue weighted by molar-refractivity contribution is 0.0713. The number of aromatic nitrogens is 2. The Morgan fingerprint density at radius 2 is 2.00 bits per heavy atom. The predicted molar refractivity (Wildman–Crippen MR) is 81.3 cm³/mol. The van der Waals surface area contributed by atoms with Gasteiger partial charge in [-0.1, -0.05) is 0 Å². The molecule has 0 spiro atoms. The first-order valence-electron chi connectivity index (χ1n) is 6.72.